The smallest absolute Gasteiger partial charge is 0.140 e. The lowest BCUT2D eigenvalue weighted by Crippen LogP contribution is -2.06. The van der Waals surface area contributed by atoms with Crippen molar-refractivity contribution in [3.05, 3.63) is 121 Å². The van der Waals surface area contributed by atoms with E-state index in [9.17, 15) is 0 Å². The summed E-state index contributed by atoms with van der Waals surface area (Å²) >= 11 is 0. The quantitative estimate of drug-likeness (QED) is 0.300. The molecule has 5 aromatic carbocycles. The number of hydrogen-bond donors (Lipinski definition) is 0. The highest BCUT2D eigenvalue weighted by atomic mass is 15.0. The van der Waals surface area contributed by atoms with Gasteiger partial charge >= 0.3 is 0 Å². The maximum atomic E-state index is 2.36. The molecule has 0 unspecified atom stereocenters. The summed E-state index contributed by atoms with van der Waals surface area (Å²) in [7, 11) is 2.18. The van der Waals surface area contributed by atoms with Crippen LogP contribution in [-0.4, -0.2) is 12.4 Å². The lowest BCUT2D eigenvalue weighted by molar-refractivity contribution is 1.18. The molecule has 32 heavy (non-hydrogen) atoms. The number of nitrogens with zero attached hydrogens (tertiary/aromatic N) is 1. The van der Waals surface area contributed by atoms with E-state index in [-0.39, 0.29) is 0 Å². The summed E-state index contributed by atoms with van der Waals surface area (Å²) in [5, 5.41) is 2.58. The predicted octanol–water partition coefficient (Wildman–Crippen LogP) is 6.38. The normalized spacial score (nSPS) is 11.2. The third-order valence-corrected chi connectivity index (χ3v) is 6.38. The van der Waals surface area contributed by atoms with E-state index >= 15 is 0 Å². The van der Waals surface area contributed by atoms with Crippen LogP contribution in [0.5, 0.6) is 0 Å². The maximum absolute atomic E-state index is 2.36. The standard InChI is InChI=1S/C30H22BN/c31-28-14-6-3-11-25(28)24-10-2-1-9-23(24)21-17-19-22(20-18-21)32-29-15-7-4-12-26(29)27-13-5-8-16-30(27)32/h1-20H,31H2. The van der Waals surface area contributed by atoms with Crippen molar-refractivity contribution in [1.29, 1.82) is 0 Å². The zero-order valence-corrected chi connectivity index (χ0v) is 18.0. The Hall–Kier alpha value is -4.04. The molecule has 0 spiro atoms. The predicted molar refractivity (Wildman–Crippen MR) is 140 cm³/mol. The second-order valence-corrected chi connectivity index (χ2v) is 8.28. The van der Waals surface area contributed by atoms with E-state index in [1.54, 1.807) is 0 Å². The Bertz CT molecular complexity index is 1520. The fourth-order valence-electron chi connectivity index (χ4n) is 4.84. The molecule has 0 fully saturated rings. The van der Waals surface area contributed by atoms with E-state index in [1.165, 1.54) is 55.2 Å². The van der Waals surface area contributed by atoms with Gasteiger partial charge in [0.2, 0.25) is 0 Å². The summed E-state index contributed by atoms with van der Waals surface area (Å²) in [5.74, 6) is 0. The molecule has 150 valence electrons. The number of para-hydroxylation sites is 2. The van der Waals surface area contributed by atoms with Crippen molar-refractivity contribution in [2.75, 3.05) is 0 Å². The number of benzene rings is 5. The molecule has 0 aliphatic rings. The van der Waals surface area contributed by atoms with E-state index in [0.29, 0.717) is 0 Å². The highest BCUT2D eigenvalue weighted by molar-refractivity contribution is 6.36. The highest BCUT2D eigenvalue weighted by Crippen LogP contribution is 2.34. The van der Waals surface area contributed by atoms with E-state index in [1.807, 2.05) is 0 Å². The lowest BCUT2D eigenvalue weighted by atomic mass is 9.84. The van der Waals surface area contributed by atoms with Crippen molar-refractivity contribution in [2.45, 2.75) is 0 Å². The van der Waals surface area contributed by atoms with Gasteiger partial charge in [0, 0.05) is 16.5 Å². The van der Waals surface area contributed by atoms with Crippen LogP contribution in [0.4, 0.5) is 0 Å². The first-order valence-corrected chi connectivity index (χ1v) is 11.1. The molecule has 1 aromatic heterocycles. The van der Waals surface area contributed by atoms with Crippen LogP contribution in [-0.2, 0) is 0 Å². The van der Waals surface area contributed by atoms with Crippen LogP contribution in [0.2, 0.25) is 0 Å². The largest absolute Gasteiger partial charge is 0.309 e. The average molecular weight is 407 g/mol. The fraction of sp³-hybridized carbons (Fsp3) is 0. The molecule has 2 heteroatoms. The van der Waals surface area contributed by atoms with Crippen molar-refractivity contribution in [3.8, 4) is 27.9 Å². The molecule has 0 aliphatic heterocycles. The fourth-order valence-corrected chi connectivity index (χ4v) is 4.84. The van der Waals surface area contributed by atoms with Gasteiger partial charge in [-0.15, -0.1) is 0 Å². The van der Waals surface area contributed by atoms with E-state index in [4.69, 9.17) is 0 Å². The highest BCUT2D eigenvalue weighted by Gasteiger charge is 2.12. The Balaban J connectivity index is 1.50. The molecule has 0 N–H and O–H groups in total. The summed E-state index contributed by atoms with van der Waals surface area (Å²) in [5.41, 5.74) is 10.00. The lowest BCUT2D eigenvalue weighted by Gasteiger charge is -2.14. The van der Waals surface area contributed by atoms with Crippen LogP contribution in [0, 0.1) is 0 Å². The second kappa shape index (κ2) is 7.58. The third-order valence-electron chi connectivity index (χ3n) is 6.38. The zero-order chi connectivity index (χ0) is 21.5. The van der Waals surface area contributed by atoms with Crippen LogP contribution in [0.15, 0.2) is 121 Å². The van der Waals surface area contributed by atoms with Gasteiger partial charge in [-0.2, -0.15) is 0 Å². The monoisotopic (exact) mass is 407 g/mol. The van der Waals surface area contributed by atoms with Gasteiger partial charge in [0.25, 0.3) is 0 Å². The third kappa shape index (κ3) is 2.96. The molecule has 0 bridgehead atoms. The van der Waals surface area contributed by atoms with E-state index < -0.39 is 0 Å². The molecule has 0 aliphatic carbocycles. The SMILES string of the molecule is Bc1ccccc1-c1ccccc1-c1ccc(-n2c3ccccc3c3ccccc32)cc1. The van der Waals surface area contributed by atoms with Gasteiger partial charge in [0.1, 0.15) is 7.85 Å². The van der Waals surface area contributed by atoms with Gasteiger partial charge in [-0.25, -0.2) is 0 Å². The molecular formula is C30H22BN. The molecule has 0 atom stereocenters. The van der Waals surface area contributed by atoms with Gasteiger partial charge in [-0.3, -0.25) is 0 Å². The van der Waals surface area contributed by atoms with E-state index in [2.05, 4.69) is 134 Å². The Morgan fingerprint density at radius 3 is 1.56 bits per heavy atom. The molecule has 0 amide bonds. The summed E-state index contributed by atoms with van der Waals surface area (Å²) in [4.78, 5) is 0. The molecule has 1 nitrogen and oxygen atoms in total. The van der Waals surface area contributed by atoms with Gasteiger partial charge in [0.05, 0.1) is 11.0 Å². The molecule has 0 saturated heterocycles. The number of rotatable bonds is 3. The van der Waals surface area contributed by atoms with Crippen LogP contribution < -0.4 is 5.46 Å². The maximum Gasteiger partial charge on any atom is 0.140 e. The van der Waals surface area contributed by atoms with Gasteiger partial charge in [0.15, 0.2) is 0 Å². The Morgan fingerprint density at radius 2 is 0.938 bits per heavy atom. The molecule has 0 saturated carbocycles. The number of aromatic nitrogens is 1. The minimum Gasteiger partial charge on any atom is -0.309 e. The summed E-state index contributed by atoms with van der Waals surface area (Å²) in [6.45, 7) is 0. The first kappa shape index (κ1) is 18.7. The van der Waals surface area contributed by atoms with Gasteiger partial charge in [-0.05, 0) is 46.5 Å². The summed E-state index contributed by atoms with van der Waals surface area (Å²) in [6, 6.07) is 43.5. The zero-order valence-electron chi connectivity index (χ0n) is 18.0. The van der Waals surface area contributed by atoms with Crippen LogP contribution in [0.1, 0.15) is 0 Å². The molecule has 6 aromatic rings. The van der Waals surface area contributed by atoms with Crippen molar-refractivity contribution in [3.63, 3.8) is 0 Å². The van der Waals surface area contributed by atoms with Crippen molar-refractivity contribution in [2.24, 2.45) is 0 Å². The summed E-state index contributed by atoms with van der Waals surface area (Å²) < 4.78 is 2.36. The van der Waals surface area contributed by atoms with Crippen molar-refractivity contribution in [1.82, 2.24) is 4.57 Å². The van der Waals surface area contributed by atoms with Crippen LogP contribution in [0.25, 0.3) is 49.7 Å². The molecule has 6 rings (SSSR count). The van der Waals surface area contributed by atoms with E-state index in [0.717, 1.165) is 0 Å². The Labute approximate surface area is 189 Å². The van der Waals surface area contributed by atoms with Crippen molar-refractivity contribution < 1.29 is 0 Å². The minimum absolute atomic E-state index is 1.18. The number of hydrogen-bond acceptors (Lipinski definition) is 0. The minimum atomic E-state index is 1.18. The van der Waals surface area contributed by atoms with Gasteiger partial charge in [-0.1, -0.05) is 103 Å². The topological polar surface area (TPSA) is 4.93 Å². The Kier molecular flexibility index (Phi) is 4.43. The first-order valence-electron chi connectivity index (χ1n) is 11.1. The van der Waals surface area contributed by atoms with Crippen LogP contribution >= 0.6 is 0 Å². The summed E-state index contributed by atoms with van der Waals surface area (Å²) in [6.07, 6.45) is 0. The Morgan fingerprint density at radius 1 is 0.438 bits per heavy atom. The number of fused-ring (bicyclic) bond motifs is 3. The van der Waals surface area contributed by atoms with Crippen molar-refractivity contribution >= 4 is 35.1 Å². The first-order chi connectivity index (χ1) is 15.8. The molecule has 0 radical (unpaired) electrons. The molecule has 1 heterocycles. The molecular weight excluding hydrogens is 385 g/mol. The second-order valence-electron chi connectivity index (χ2n) is 8.28. The average Bonchev–Trinajstić information content (AvgIpc) is 3.19. The van der Waals surface area contributed by atoms with Crippen LogP contribution in [0.3, 0.4) is 0 Å². The van der Waals surface area contributed by atoms with Gasteiger partial charge < -0.3 is 4.57 Å².